The lowest BCUT2D eigenvalue weighted by Crippen LogP contribution is -2.34. The number of aliphatic hydroxyl groups is 1. The molecule has 102 valence electrons. The predicted molar refractivity (Wildman–Crippen MR) is 71.7 cm³/mol. The van der Waals surface area contributed by atoms with Crippen LogP contribution in [-0.2, 0) is 15.6 Å². The fourth-order valence-electron chi connectivity index (χ4n) is 2.07. The number of imidazole rings is 1. The Morgan fingerprint density at radius 3 is 3.32 bits per heavy atom. The summed E-state index contributed by atoms with van der Waals surface area (Å²) < 4.78 is 7.37. The molecule has 9 heteroatoms. The maximum Gasteiger partial charge on any atom is 0.280 e. The molecule has 2 aromatic heterocycles. The largest absolute Gasteiger partial charge is 0.369 e. The van der Waals surface area contributed by atoms with E-state index in [-0.39, 0.29) is 40.1 Å². The number of nitrogens with two attached hydrogens (primary N) is 1. The second kappa shape index (κ2) is 4.83. The van der Waals surface area contributed by atoms with Crippen molar-refractivity contribution in [1.29, 1.82) is 0 Å². The van der Waals surface area contributed by atoms with E-state index >= 15 is 0 Å². The van der Waals surface area contributed by atoms with Gasteiger partial charge < -0.3 is 15.6 Å². The smallest absolute Gasteiger partial charge is 0.280 e. The average molecular weight is 284 g/mol. The molecule has 2 aromatic rings. The van der Waals surface area contributed by atoms with Gasteiger partial charge in [0, 0.05) is 10.9 Å². The zero-order valence-corrected chi connectivity index (χ0v) is 10.9. The molecule has 19 heavy (non-hydrogen) atoms. The summed E-state index contributed by atoms with van der Waals surface area (Å²) in [6, 6.07) is 0. The maximum absolute atomic E-state index is 11.7. The van der Waals surface area contributed by atoms with Crippen LogP contribution in [0.3, 0.4) is 0 Å². The van der Waals surface area contributed by atoms with Gasteiger partial charge >= 0.3 is 0 Å². The Morgan fingerprint density at radius 1 is 1.68 bits per heavy atom. The molecule has 0 radical (unpaired) electrons. The third kappa shape index (κ3) is 2.20. The highest BCUT2D eigenvalue weighted by molar-refractivity contribution is 7.96. The second-order valence-electron chi connectivity index (χ2n) is 4.21. The number of ether oxygens (including phenoxy) is 1. The van der Waals surface area contributed by atoms with Crippen molar-refractivity contribution in [1.82, 2.24) is 19.5 Å². The number of anilines is 1. The highest BCUT2D eigenvalue weighted by Gasteiger charge is 2.31. The van der Waals surface area contributed by atoms with Crippen LogP contribution in [0, 0.1) is 0 Å². The fourth-order valence-corrected chi connectivity index (χ4v) is 3.46. The summed E-state index contributed by atoms with van der Waals surface area (Å²) in [5.74, 6) is 1.76. The summed E-state index contributed by atoms with van der Waals surface area (Å²) in [5.41, 5.74) is 5.84. The maximum atomic E-state index is 11.7. The molecule has 0 spiro atoms. The topological polar surface area (TPSA) is 119 Å². The molecule has 1 saturated heterocycles. The van der Waals surface area contributed by atoms with Crippen molar-refractivity contribution >= 4 is 28.0 Å². The number of nitrogens with zero attached hydrogens (tertiary/aromatic N) is 3. The molecule has 0 bridgehead atoms. The molecule has 2 atom stereocenters. The van der Waals surface area contributed by atoms with E-state index in [1.54, 1.807) is 4.57 Å². The molecule has 4 N–H and O–H groups in total. The Kier molecular flexibility index (Phi) is 3.17. The first-order valence-corrected chi connectivity index (χ1v) is 7.51. The van der Waals surface area contributed by atoms with Crippen molar-refractivity contribution < 1.29 is 9.84 Å². The highest BCUT2D eigenvalue weighted by Crippen LogP contribution is 2.21. The van der Waals surface area contributed by atoms with Gasteiger partial charge in [-0.2, -0.15) is 4.98 Å². The first-order chi connectivity index (χ1) is 9.19. The van der Waals surface area contributed by atoms with Crippen molar-refractivity contribution in [3.05, 3.63) is 16.7 Å². The number of H-pyrrole nitrogens is 1. The molecule has 0 amide bonds. The molecule has 1 aliphatic heterocycles. The fraction of sp³-hybridized carbons (Fsp3) is 0.500. The highest BCUT2D eigenvalue weighted by atomic mass is 32.2. The molecule has 8 nitrogen and oxygen atoms in total. The summed E-state index contributed by atoms with van der Waals surface area (Å²) in [5, 5.41) is 9.25. The Labute approximate surface area is 111 Å². The van der Waals surface area contributed by atoms with E-state index in [2.05, 4.69) is 15.0 Å². The lowest BCUT2D eigenvalue weighted by molar-refractivity contribution is 0.0250. The van der Waals surface area contributed by atoms with E-state index in [0.29, 0.717) is 18.0 Å². The van der Waals surface area contributed by atoms with E-state index < -0.39 is 0 Å². The summed E-state index contributed by atoms with van der Waals surface area (Å²) in [6.45, 7) is 0.576. The van der Waals surface area contributed by atoms with E-state index in [9.17, 15) is 9.90 Å². The van der Waals surface area contributed by atoms with Crippen LogP contribution in [0.4, 0.5) is 5.95 Å². The predicted octanol–water partition coefficient (Wildman–Crippen LogP) is -1.20. The van der Waals surface area contributed by atoms with Crippen LogP contribution >= 0.6 is 0 Å². The van der Waals surface area contributed by atoms with Gasteiger partial charge in [0.1, 0.15) is 5.75 Å². The van der Waals surface area contributed by atoms with Gasteiger partial charge in [-0.05, 0) is 0 Å². The summed E-state index contributed by atoms with van der Waals surface area (Å²) in [4.78, 5) is 22.2. The van der Waals surface area contributed by atoms with E-state index in [0.717, 1.165) is 5.75 Å². The Hall–Kier alpha value is -1.58. The molecule has 0 aliphatic carbocycles. The minimum Gasteiger partial charge on any atom is -0.369 e. The van der Waals surface area contributed by atoms with Gasteiger partial charge in [0.25, 0.3) is 5.56 Å². The monoisotopic (exact) mass is 284 g/mol. The first kappa shape index (κ1) is 12.5. The van der Waals surface area contributed by atoms with Crippen LogP contribution in [-0.4, -0.2) is 48.7 Å². The third-order valence-corrected chi connectivity index (χ3v) is 4.87. The van der Waals surface area contributed by atoms with E-state index in [1.165, 1.54) is 6.33 Å². The van der Waals surface area contributed by atoms with Crippen LogP contribution in [0.1, 0.15) is 6.23 Å². The summed E-state index contributed by atoms with van der Waals surface area (Å²) in [7, 11) is -0.0829. The first-order valence-electron chi connectivity index (χ1n) is 5.78. The minimum atomic E-state index is -0.363. The van der Waals surface area contributed by atoms with Crippen LogP contribution in [0.15, 0.2) is 11.1 Å². The molecule has 1 aliphatic rings. The Balaban J connectivity index is 2.03. The zero-order valence-electron chi connectivity index (χ0n) is 10.1. The number of aliphatic hydroxyl groups excluding tert-OH is 1. The molecule has 1 fully saturated rings. The number of fused-ring (bicyclic) bond motifs is 1. The van der Waals surface area contributed by atoms with Gasteiger partial charge in [0.15, 0.2) is 23.1 Å². The van der Waals surface area contributed by atoms with Gasteiger partial charge in [0.2, 0.25) is 11.9 Å². The SMILES string of the molecule is Nc1nc2c(ncn2C2C[S+](CO)CCO2)c(=O)[nH]1. The van der Waals surface area contributed by atoms with Crippen molar-refractivity contribution in [3.8, 4) is 0 Å². The minimum absolute atomic E-state index is 0.0521. The van der Waals surface area contributed by atoms with Crippen LogP contribution in [0.25, 0.3) is 11.2 Å². The summed E-state index contributed by atoms with van der Waals surface area (Å²) >= 11 is 0. The summed E-state index contributed by atoms with van der Waals surface area (Å²) in [6.07, 6.45) is 1.27. The van der Waals surface area contributed by atoms with Crippen molar-refractivity contribution in [2.24, 2.45) is 0 Å². The normalized spacial score (nSPS) is 23.8. The molecule has 3 heterocycles. The van der Waals surface area contributed by atoms with Crippen molar-refractivity contribution in [2.45, 2.75) is 6.23 Å². The third-order valence-electron chi connectivity index (χ3n) is 3.00. The van der Waals surface area contributed by atoms with E-state index in [4.69, 9.17) is 10.5 Å². The van der Waals surface area contributed by atoms with Gasteiger partial charge in [-0.25, -0.2) is 4.98 Å². The average Bonchev–Trinajstić information content (AvgIpc) is 2.82. The quantitative estimate of drug-likeness (QED) is 0.596. The van der Waals surface area contributed by atoms with Gasteiger partial charge in [-0.1, -0.05) is 0 Å². The van der Waals surface area contributed by atoms with Gasteiger partial charge in [-0.3, -0.25) is 14.3 Å². The van der Waals surface area contributed by atoms with Crippen molar-refractivity contribution in [3.63, 3.8) is 0 Å². The van der Waals surface area contributed by atoms with Crippen LogP contribution in [0.2, 0.25) is 0 Å². The number of rotatable bonds is 2. The second-order valence-corrected chi connectivity index (χ2v) is 6.44. The number of nitrogen functional groups attached to an aromatic ring is 1. The van der Waals surface area contributed by atoms with Crippen molar-refractivity contribution in [2.75, 3.05) is 29.8 Å². The molecular weight excluding hydrogens is 270 g/mol. The van der Waals surface area contributed by atoms with Gasteiger partial charge in [-0.15, -0.1) is 0 Å². The van der Waals surface area contributed by atoms with Gasteiger partial charge in [0.05, 0.1) is 12.9 Å². The molecule has 0 aromatic carbocycles. The molecular formula is C10H14N5O3S+. The molecule has 3 rings (SSSR count). The lowest BCUT2D eigenvalue weighted by atomic mass is 10.5. The molecule has 0 saturated carbocycles. The number of aromatic amines is 1. The molecule has 2 unspecified atom stereocenters. The number of aromatic nitrogens is 4. The number of hydrogen-bond acceptors (Lipinski definition) is 6. The van der Waals surface area contributed by atoms with Crippen LogP contribution < -0.4 is 11.3 Å². The Bertz CT molecular complexity index is 654. The lowest BCUT2D eigenvalue weighted by Gasteiger charge is -2.23. The zero-order chi connectivity index (χ0) is 13.4. The number of hydrogen-bond donors (Lipinski definition) is 3. The Morgan fingerprint density at radius 2 is 2.53 bits per heavy atom. The number of nitrogens with one attached hydrogen (secondary N) is 1. The van der Waals surface area contributed by atoms with Crippen LogP contribution in [0.5, 0.6) is 0 Å². The van der Waals surface area contributed by atoms with E-state index in [1.807, 2.05) is 0 Å². The standard InChI is InChI=1S/C10H13N5O3S/c11-10-13-8-7(9(17)14-10)12-4-15(8)6-3-19(5-16)2-1-18-6/h4,6,16H,1-3,5H2,(H2-,11,13,14,17)/p+1.